The molecule has 1 aliphatic heterocycles. The van der Waals surface area contributed by atoms with Crippen molar-refractivity contribution in [2.45, 2.75) is 46.0 Å². The number of fused-ring (bicyclic) bond motifs is 1. The Morgan fingerprint density at radius 1 is 1.11 bits per heavy atom. The molecular weight excluding hydrogens is 468 g/mol. The minimum Gasteiger partial charge on any atom is -0.505 e. The highest BCUT2D eigenvalue weighted by atomic mass is 16.4. The first-order valence-electron chi connectivity index (χ1n) is 12.1. The summed E-state index contributed by atoms with van der Waals surface area (Å²) in [6.07, 6.45) is 2.10. The Hall–Kier alpha value is -4.46. The Kier molecular flexibility index (Phi) is 5.82. The fraction of sp³-hybridized carbons (Fsp3) is 0.241. The van der Waals surface area contributed by atoms with Gasteiger partial charge >= 0.3 is 11.9 Å². The van der Waals surface area contributed by atoms with Crippen molar-refractivity contribution in [3.8, 4) is 16.9 Å². The molecule has 37 heavy (non-hydrogen) atoms. The molecule has 0 unspecified atom stereocenters. The average molecular weight is 497 g/mol. The molecule has 0 saturated heterocycles. The lowest BCUT2D eigenvalue weighted by Crippen LogP contribution is -2.28. The highest BCUT2D eigenvalue weighted by Gasteiger charge is 2.34. The number of benzene rings is 3. The number of anilines is 2. The molecule has 1 aliphatic carbocycles. The Labute approximate surface area is 215 Å². The molecule has 1 heterocycles. The second-order valence-corrected chi connectivity index (χ2v) is 10.2. The van der Waals surface area contributed by atoms with Gasteiger partial charge < -0.3 is 10.2 Å². The zero-order valence-corrected chi connectivity index (χ0v) is 21.2. The van der Waals surface area contributed by atoms with E-state index in [4.69, 9.17) is 0 Å². The number of aromatic carboxylic acids is 1. The summed E-state index contributed by atoms with van der Waals surface area (Å²) < 4.78 is 0. The maximum Gasteiger partial charge on any atom is 0.335 e. The van der Waals surface area contributed by atoms with Crippen LogP contribution in [0, 0.1) is 6.92 Å². The fourth-order valence-electron chi connectivity index (χ4n) is 4.95. The zero-order valence-electron chi connectivity index (χ0n) is 21.2. The van der Waals surface area contributed by atoms with E-state index < -0.39 is 5.97 Å². The largest absolute Gasteiger partial charge is 0.505 e. The summed E-state index contributed by atoms with van der Waals surface area (Å²) >= 11 is 0. The van der Waals surface area contributed by atoms with Crippen LogP contribution in [0.25, 0.3) is 11.1 Å². The van der Waals surface area contributed by atoms with Gasteiger partial charge in [-0.1, -0.05) is 32.0 Å². The summed E-state index contributed by atoms with van der Waals surface area (Å²) in [5.41, 5.74) is 8.95. The second-order valence-electron chi connectivity index (χ2n) is 10.2. The van der Waals surface area contributed by atoms with Crippen LogP contribution in [0.15, 0.2) is 64.8 Å². The molecule has 2 aliphatic rings. The van der Waals surface area contributed by atoms with E-state index in [0.29, 0.717) is 28.2 Å². The molecule has 0 spiro atoms. The molecule has 3 aromatic rings. The van der Waals surface area contributed by atoms with Crippen molar-refractivity contribution in [2.75, 3.05) is 10.4 Å². The maximum absolute atomic E-state index is 13.3. The van der Waals surface area contributed by atoms with Gasteiger partial charge in [0.1, 0.15) is 5.75 Å². The first-order chi connectivity index (χ1) is 17.5. The highest BCUT2D eigenvalue weighted by molar-refractivity contribution is 6.71. The second kappa shape index (κ2) is 8.89. The number of nitrogens with one attached hydrogen (secondary N) is 1. The standard InChI is InChI=1S/C29H28N4O4/c1-16-12-22(19-6-5-7-20(14-19)28(36)37)26(34)24(13-16)30-31-25-17(2)32-33(27(25)35)21-9-8-18-10-11-29(3,4)23(18)15-21/h5-9,12-15,30,34H,10-11H2,1-4H3,(H,36,37). The van der Waals surface area contributed by atoms with Crippen LogP contribution in [0.2, 0.25) is 0 Å². The number of hydrazone groups is 2. The number of aryl methyl sites for hydroxylation is 2. The van der Waals surface area contributed by atoms with E-state index in [1.54, 1.807) is 31.2 Å². The number of phenolic OH excluding ortho intramolecular Hbond substituents is 1. The Morgan fingerprint density at radius 3 is 2.65 bits per heavy atom. The molecule has 0 aromatic heterocycles. The monoisotopic (exact) mass is 496 g/mol. The molecule has 1 amide bonds. The zero-order chi connectivity index (χ0) is 26.5. The lowest BCUT2D eigenvalue weighted by atomic mass is 9.86. The van der Waals surface area contributed by atoms with E-state index in [1.807, 2.05) is 19.1 Å². The van der Waals surface area contributed by atoms with Gasteiger partial charge in [-0.2, -0.15) is 15.2 Å². The predicted octanol–water partition coefficient (Wildman–Crippen LogP) is 5.48. The molecule has 0 bridgehead atoms. The van der Waals surface area contributed by atoms with E-state index in [-0.39, 0.29) is 28.3 Å². The van der Waals surface area contributed by atoms with Crippen molar-refractivity contribution in [1.82, 2.24) is 0 Å². The van der Waals surface area contributed by atoms with E-state index in [2.05, 4.69) is 35.5 Å². The van der Waals surface area contributed by atoms with Crippen LogP contribution in [0.5, 0.6) is 5.75 Å². The molecule has 0 fully saturated rings. The summed E-state index contributed by atoms with van der Waals surface area (Å²) in [5, 5.41) is 30.4. The number of rotatable bonds is 5. The first-order valence-corrected chi connectivity index (χ1v) is 12.1. The molecule has 8 nitrogen and oxygen atoms in total. The SMILES string of the molecule is CC1=NN(c2ccc3c(c2)C(C)(C)CC3)C(=O)C1=NNc1cc(C)cc(-c2cccc(C(=O)O)c2)c1O. The lowest BCUT2D eigenvalue weighted by molar-refractivity contribution is -0.112. The third-order valence-electron chi connectivity index (χ3n) is 7.04. The molecule has 3 aromatic carbocycles. The highest BCUT2D eigenvalue weighted by Crippen LogP contribution is 2.41. The van der Waals surface area contributed by atoms with Crippen molar-refractivity contribution in [2.24, 2.45) is 10.2 Å². The Balaban J connectivity index is 1.43. The van der Waals surface area contributed by atoms with Crippen molar-refractivity contribution >= 4 is 34.7 Å². The van der Waals surface area contributed by atoms with Gasteiger partial charge in [-0.25, -0.2) is 4.79 Å². The van der Waals surface area contributed by atoms with Crippen molar-refractivity contribution in [3.63, 3.8) is 0 Å². The lowest BCUT2D eigenvalue weighted by Gasteiger charge is -2.21. The van der Waals surface area contributed by atoms with Crippen molar-refractivity contribution < 1.29 is 19.8 Å². The summed E-state index contributed by atoms with van der Waals surface area (Å²) in [5.74, 6) is -1.51. The van der Waals surface area contributed by atoms with Gasteiger partial charge in [-0.15, -0.1) is 0 Å². The summed E-state index contributed by atoms with van der Waals surface area (Å²) in [6, 6.07) is 15.8. The van der Waals surface area contributed by atoms with Gasteiger partial charge in [-0.05, 0) is 90.8 Å². The van der Waals surface area contributed by atoms with Gasteiger partial charge in [-0.3, -0.25) is 10.2 Å². The number of carboxylic acid groups (broad SMARTS) is 1. The number of amides is 1. The van der Waals surface area contributed by atoms with Gasteiger partial charge in [0.2, 0.25) is 0 Å². The number of carbonyl (C=O) groups excluding carboxylic acids is 1. The fourth-order valence-corrected chi connectivity index (χ4v) is 4.95. The average Bonchev–Trinajstić information content (AvgIpc) is 3.33. The minimum atomic E-state index is -1.05. The van der Waals surface area contributed by atoms with Gasteiger partial charge in [0.25, 0.3) is 0 Å². The molecule has 8 heteroatoms. The molecule has 0 saturated carbocycles. The van der Waals surface area contributed by atoms with E-state index >= 15 is 0 Å². The molecule has 0 atom stereocenters. The van der Waals surface area contributed by atoms with E-state index in [9.17, 15) is 19.8 Å². The number of hydrogen-bond donors (Lipinski definition) is 3. The molecular formula is C29H28N4O4. The molecule has 3 N–H and O–H groups in total. The van der Waals surface area contributed by atoms with Crippen LogP contribution >= 0.6 is 0 Å². The van der Waals surface area contributed by atoms with E-state index in [0.717, 1.165) is 18.4 Å². The quantitative estimate of drug-likeness (QED) is 0.320. The Morgan fingerprint density at radius 2 is 1.89 bits per heavy atom. The van der Waals surface area contributed by atoms with Gasteiger partial charge in [0, 0.05) is 5.56 Å². The summed E-state index contributed by atoms with van der Waals surface area (Å²) in [6.45, 7) is 7.99. The van der Waals surface area contributed by atoms with Crippen LogP contribution < -0.4 is 10.4 Å². The van der Waals surface area contributed by atoms with Gasteiger partial charge in [0.15, 0.2) is 5.71 Å². The maximum atomic E-state index is 13.3. The van der Waals surface area contributed by atoms with Crippen LogP contribution in [0.3, 0.4) is 0 Å². The number of phenols is 1. The number of nitrogens with zero attached hydrogens (tertiary/aromatic N) is 3. The number of carbonyl (C=O) groups is 2. The number of aromatic hydroxyl groups is 1. The van der Waals surface area contributed by atoms with Crippen LogP contribution in [-0.2, 0) is 16.6 Å². The number of hydrogen-bond acceptors (Lipinski definition) is 6. The van der Waals surface area contributed by atoms with Crippen molar-refractivity contribution in [3.05, 3.63) is 76.9 Å². The smallest absolute Gasteiger partial charge is 0.335 e. The normalized spacial score (nSPS) is 17.2. The van der Waals surface area contributed by atoms with Crippen LogP contribution in [0.4, 0.5) is 11.4 Å². The number of carboxylic acids is 1. The van der Waals surface area contributed by atoms with Crippen LogP contribution in [-0.4, -0.2) is 33.5 Å². The predicted molar refractivity (Wildman–Crippen MR) is 145 cm³/mol. The minimum absolute atomic E-state index is 0.0513. The van der Waals surface area contributed by atoms with E-state index in [1.165, 1.54) is 28.3 Å². The Bertz CT molecular complexity index is 1520. The molecule has 5 rings (SSSR count). The summed E-state index contributed by atoms with van der Waals surface area (Å²) in [7, 11) is 0. The molecule has 0 radical (unpaired) electrons. The first kappa shape index (κ1) is 24.2. The third kappa shape index (κ3) is 4.35. The van der Waals surface area contributed by atoms with Crippen LogP contribution in [0.1, 0.15) is 54.2 Å². The topological polar surface area (TPSA) is 115 Å². The van der Waals surface area contributed by atoms with Gasteiger partial charge in [0.05, 0.1) is 22.6 Å². The third-order valence-corrected chi connectivity index (χ3v) is 7.04. The van der Waals surface area contributed by atoms with Crippen molar-refractivity contribution in [1.29, 1.82) is 0 Å². The molecule has 188 valence electrons. The summed E-state index contributed by atoms with van der Waals surface area (Å²) in [4.78, 5) is 24.7.